The van der Waals surface area contributed by atoms with Crippen molar-refractivity contribution in [1.29, 1.82) is 0 Å². The van der Waals surface area contributed by atoms with Crippen LogP contribution in [0.5, 0.6) is 0 Å². The Morgan fingerprint density at radius 2 is 1.96 bits per heavy atom. The van der Waals surface area contributed by atoms with Crippen molar-refractivity contribution in [3.05, 3.63) is 58.4 Å². The summed E-state index contributed by atoms with van der Waals surface area (Å²) in [4.78, 5) is 21.4. The Labute approximate surface area is 163 Å². The van der Waals surface area contributed by atoms with Gasteiger partial charge in [-0.2, -0.15) is 0 Å². The van der Waals surface area contributed by atoms with Gasteiger partial charge in [-0.15, -0.1) is 11.3 Å². The van der Waals surface area contributed by atoms with E-state index in [2.05, 4.69) is 35.4 Å². The third-order valence-electron chi connectivity index (χ3n) is 6.12. The molecule has 5 heteroatoms. The predicted octanol–water partition coefficient (Wildman–Crippen LogP) is 4.76. The second-order valence-corrected chi connectivity index (χ2v) is 9.46. The van der Waals surface area contributed by atoms with E-state index in [1.54, 1.807) is 12.3 Å². The predicted molar refractivity (Wildman–Crippen MR) is 108 cm³/mol. The van der Waals surface area contributed by atoms with Crippen LogP contribution in [0.2, 0.25) is 0 Å². The van der Waals surface area contributed by atoms with Crippen LogP contribution in [0, 0.1) is 19.3 Å². The van der Waals surface area contributed by atoms with E-state index in [1.165, 1.54) is 28.1 Å². The van der Waals surface area contributed by atoms with Crippen molar-refractivity contribution in [2.75, 3.05) is 0 Å². The number of carbonyl (C=O) groups is 1. The number of pyridine rings is 1. The highest BCUT2D eigenvalue weighted by Gasteiger charge is 2.54. The van der Waals surface area contributed by atoms with Crippen molar-refractivity contribution < 1.29 is 4.79 Å². The normalized spacial score (nSPS) is 26.6. The highest BCUT2D eigenvalue weighted by atomic mass is 32.1. The molecule has 2 aliphatic rings. The monoisotopic (exact) mass is 377 g/mol. The minimum atomic E-state index is 0.0257. The molecule has 3 aromatic rings. The molecular formula is C22H23N3OS. The molecular weight excluding hydrogens is 354 g/mol. The van der Waals surface area contributed by atoms with Gasteiger partial charge in [0.25, 0.3) is 5.91 Å². The van der Waals surface area contributed by atoms with Gasteiger partial charge in [-0.25, -0.2) is 4.98 Å². The van der Waals surface area contributed by atoms with Gasteiger partial charge in [-0.3, -0.25) is 9.78 Å². The van der Waals surface area contributed by atoms with Gasteiger partial charge >= 0.3 is 0 Å². The number of thiazole rings is 1. The zero-order valence-corrected chi connectivity index (χ0v) is 16.5. The van der Waals surface area contributed by atoms with Gasteiger partial charge in [0.15, 0.2) is 0 Å². The number of aromatic nitrogens is 2. The molecule has 5 rings (SSSR count). The van der Waals surface area contributed by atoms with Gasteiger partial charge in [-0.05, 0) is 74.8 Å². The summed E-state index contributed by atoms with van der Waals surface area (Å²) in [5, 5.41) is 4.48. The molecule has 4 nitrogen and oxygen atoms in total. The molecule has 1 amide bonds. The molecule has 2 fully saturated rings. The van der Waals surface area contributed by atoms with Crippen molar-refractivity contribution in [2.45, 2.75) is 51.5 Å². The molecule has 1 aromatic carbocycles. The molecule has 0 bridgehead atoms. The van der Waals surface area contributed by atoms with E-state index in [9.17, 15) is 4.79 Å². The summed E-state index contributed by atoms with van der Waals surface area (Å²) in [5.74, 6) is 0.625. The standard InChI is InChI=1S/C22H23N3OS/c1-13-3-4-19-18(7-13)25-21(27-19)16-9-22(10-16)11-17(12-22)24-20(26)15-5-6-23-14(2)8-15/h3-8,16-17H,9-12H2,1-2H3,(H,24,26). The SMILES string of the molecule is Cc1ccc2sc(C3CC4(CC(NC(=O)c5ccnc(C)c5)C4)C3)nc2c1. The van der Waals surface area contributed by atoms with Crippen molar-refractivity contribution in [3.8, 4) is 0 Å². The number of amides is 1. The number of hydrogen-bond acceptors (Lipinski definition) is 4. The third kappa shape index (κ3) is 3.04. The van der Waals surface area contributed by atoms with Gasteiger partial charge in [-0.1, -0.05) is 6.07 Å². The Balaban J connectivity index is 1.18. The topological polar surface area (TPSA) is 54.9 Å². The fraction of sp³-hybridized carbons (Fsp3) is 0.409. The minimum Gasteiger partial charge on any atom is -0.349 e. The zero-order valence-electron chi connectivity index (χ0n) is 15.7. The molecule has 1 N–H and O–H groups in total. The Bertz CT molecular complexity index is 1030. The smallest absolute Gasteiger partial charge is 0.251 e. The summed E-state index contributed by atoms with van der Waals surface area (Å²) in [6, 6.07) is 10.5. The first-order valence-corrected chi connectivity index (χ1v) is 10.4. The van der Waals surface area contributed by atoms with Gasteiger partial charge in [0.05, 0.1) is 15.2 Å². The fourth-order valence-electron chi connectivity index (χ4n) is 4.77. The number of fused-ring (bicyclic) bond motifs is 1. The Hall–Kier alpha value is -2.27. The van der Waals surface area contributed by atoms with Crippen LogP contribution in [-0.4, -0.2) is 21.9 Å². The molecule has 0 unspecified atom stereocenters. The number of benzene rings is 1. The van der Waals surface area contributed by atoms with Crippen LogP contribution < -0.4 is 5.32 Å². The van der Waals surface area contributed by atoms with Crippen LogP contribution in [0.25, 0.3) is 10.2 Å². The fourth-order valence-corrected chi connectivity index (χ4v) is 5.81. The van der Waals surface area contributed by atoms with Crippen LogP contribution >= 0.6 is 11.3 Å². The van der Waals surface area contributed by atoms with Crippen LogP contribution in [-0.2, 0) is 0 Å². The molecule has 0 saturated heterocycles. The van der Waals surface area contributed by atoms with Gasteiger partial charge in [0.1, 0.15) is 0 Å². The lowest BCUT2D eigenvalue weighted by Crippen LogP contribution is -2.55. The highest BCUT2D eigenvalue weighted by molar-refractivity contribution is 7.18. The molecule has 0 aliphatic heterocycles. The molecule has 2 saturated carbocycles. The maximum atomic E-state index is 12.4. The van der Waals surface area contributed by atoms with Crippen LogP contribution in [0.1, 0.15) is 58.2 Å². The van der Waals surface area contributed by atoms with Crippen molar-refractivity contribution >= 4 is 27.5 Å². The summed E-state index contributed by atoms with van der Waals surface area (Å²) in [6.07, 6.45) is 6.33. The number of rotatable bonds is 3. The van der Waals surface area contributed by atoms with E-state index >= 15 is 0 Å². The van der Waals surface area contributed by atoms with E-state index in [4.69, 9.17) is 4.98 Å². The number of hydrogen-bond donors (Lipinski definition) is 1. The van der Waals surface area contributed by atoms with Crippen molar-refractivity contribution in [2.24, 2.45) is 5.41 Å². The Morgan fingerprint density at radius 1 is 1.15 bits per heavy atom. The molecule has 0 radical (unpaired) electrons. The Morgan fingerprint density at radius 3 is 2.74 bits per heavy atom. The first kappa shape index (κ1) is 16.9. The summed E-state index contributed by atoms with van der Waals surface area (Å²) in [7, 11) is 0. The van der Waals surface area contributed by atoms with Gasteiger partial charge < -0.3 is 5.32 Å². The second kappa shape index (κ2) is 6.13. The first-order valence-electron chi connectivity index (χ1n) is 9.60. The van der Waals surface area contributed by atoms with Gasteiger partial charge in [0, 0.05) is 29.4 Å². The minimum absolute atomic E-state index is 0.0257. The van der Waals surface area contributed by atoms with E-state index in [1.807, 2.05) is 24.3 Å². The summed E-state index contributed by atoms with van der Waals surface area (Å²) in [5.41, 5.74) is 4.43. The zero-order chi connectivity index (χ0) is 18.6. The number of nitrogens with one attached hydrogen (secondary N) is 1. The van der Waals surface area contributed by atoms with Crippen LogP contribution in [0.3, 0.4) is 0 Å². The highest BCUT2D eigenvalue weighted by Crippen LogP contribution is 2.62. The van der Waals surface area contributed by atoms with Gasteiger partial charge in [0.2, 0.25) is 0 Å². The van der Waals surface area contributed by atoms with Crippen molar-refractivity contribution in [3.63, 3.8) is 0 Å². The van der Waals surface area contributed by atoms with E-state index in [0.717, 1.165) is 24.1 Å². The van der Waals surface area contributed by atoms with Crippen LogP contribution in [0.15, 0.2) is 36.5 Å². The summed E-state index contributed by atoms with van der Waals surface area (Å²) < 4.78 is 1.29. The maximum absolute atomic E-state index is 12.4. The van der Waals surface area contributed by atoms with E-state index in [0.29, 0.717) is 22.9 Å². The number of aryl methyl sites for hydroxylation is 2. The number of carbonyl (C=O) groups excluding carboxylic acids is 1. The lowest BCUT2D eigenvalue weighted by molar-refractivity contribution is -0.0187. The molecule has 138 valence electrons. The molecule has 2 heterocycles. The molecule has 1 spiro atoms. The average molecular weight is 378 g/mol. The quantitative estimate of drug-likeness (QED) is 0.716. The average Bonchev–Trinajstić information content (AvgIpc) is 2.98. The maximum Gasteiger partial charge on any atom is 0.251 e. The molecule has 0 atom stereocenters. The molecule has 2 aliphatic carbocycles. The second-order valence-electron chi connectivity index (χ2n) is 8.39. The lowest BCUT2D eigenvalue weighted by Gasteiger charge is -2.57. The van der Waals surface area contributed by atoms with E-state index in [-0.39, 0.29) is 5.91 Å². The first-order chi connectivity index (χ1) is 13.0. The summed E-state index contributed by atoms with van der Waals surface area (Å²) >= 11 is 1.85. The van der Waals surface area contributed by atoms with Crippen molar-refractivity contribution in [1.82, 2.24) is 15.3 Å². The van der Waals surface area contributed by atoms with E-state index < -0.39 is 0 Å². The number of nitrogens with zero attached hydrogens (tertiary/aromatic N) is 2. The summed E-state index contributed by atoms with van der Waals surface area (Å²) in [6.45, 7) is 4.03. The Kier molecular flexibility index (Phi) is 3.83. The molecule has 27 heavy (non-hydrogen) atoms. The largest absolute Gasteiger partial charge is 0.349 e. The third-order valence-corrected chi connectivity index (χ3v) is 7.32. The lowest BCUT2D eigenvalue weighted by atomic mass is 9.50. The molecule has 2 aromatic heterocycles. The van der Waals surface area contributed by atoms with Crippen LogP contribution in [0.4, 0.5) is 0 Å².